The van der Waals surface area contributed by atoms with Gasteiger partial charge in [0.15, 0.2) is 23.3 Å². The smallest absolute Gasteiger partial charge is 0.288 e. The Kier molecular flexibility index (Phi) is 14.3. The largest absolute Gasteiger partial charge is 0.378 e. The van der Waals surface area contributed by atoms with Gasteiger partial charge in [-0.05, 0) is 78.4 Å². The monoisotopic (exact) mass is 1030 g/mol. The number of anilines is 8. The molecule has 2 fully saturated rings. The van der Waals surface area contributed by atoms with Gasteiger partial charge >= 0.3 is 0 Å². The van der Waals surface area contributed by atoms with Crippen LogP contribution in [0, 0.1) is 11.6 Å². The van der Waals surface area contributed by atoms with Crippen LogP contribution in [0.15, 0.2) is 116 Å². The number of amides is 2. The lowest BCUT2D eigenvalue weighted by atomic mass is 10.0. The summed E-state index contributed by atoms with van der Waals surface area (Å²) < 4.78 is 42.9. The van der Waals surface area contributed by atoms with Crippen molar-refractivity contribution in [2.75, 3.05) is 77.3 Å². The molecule has 10 rings (SSSR count). The summed E-state index contributed by atoms with van der Waals surface area (Å²) in [6, 6.07) is 20.8. The van der Waals surface area contributed by atoms with E-state index in [4.69, 9.17) is 32.7 Å². The molecular formula is C47H40Cl2F2N18O4. The van der Waals surface area contributed by atoms with Gasteiger partial charge in [0.2, 0.25) is 11.9 Å². The van der Waals surface area contributed by atoms with Crippen molar-refractivity contribution in [3.63, 3.8) is 0 Å². The molecule has 22 nitrogen and oxygen atoms in total. The van der Waals surface area contributed by atoms with Gasteiger partial charge in [0.1, 0.15) is 17.5 Å². The van der Waals surface area contributed by atoms with Crippen LogP contribution in [0.25, 0.3) is 16.8 Å². The van der Waals surface area contributed by atoms with E-state index in [1.165, 1.54) is 24.5 Å². The fourth-order valence-corrected chi connectivity index (χ4v) is 8.11. The molecule has 73 heavy (non-hydrogen) atoms. The summed E-state index contributed by atoms with van der Waals surface area (Å²) in [5, 5.41) is 20.1. The topological polar surface area (TPSA) is 252 Å². The Balaban J connectivity index is 0.736. The first-order valence-electron chi connectivity index (χ1n) is 22.3. The van der Waals surface area contributed by atoms with E-state index in [0.29, 0.717) is 82.5 Å². The van der Waals surface area contributed by atoms with Crippen LogP contribution >= 0.6 is 23.2 Å². The molecule has 1 atom stereocenters. The van der Waals surface area contributed by atoms with E-state index in [-0.39, 0.29) is 48.1 Å². The summed E-state index contributed by atoms with van der Waals surface area (Å²) in [5.41, 5.74) is 15.5. The molecule has 0 bridgehead atoms. The highest BCUT2D eigenvalue weighted by molar-refractivity contribution is 6.33. The predicted molar refractivity (Wildman–Crippen MR) is 266 cm³/mol. The van der Waals surface area contributed by atoms with Crippen molar-refractivity contribution < 1.29 is 27.8 Å². The number of carbonyl (C=O) groups is 2. The first kappa shape index (κ1) is 47.9. The number of aromatic nitrogens is 10. The Bertz CT molecular complexity index is 3270. The number of halogens is 4. The Morgan fingerprint density at radius 3 is 1.99 bits per heavy atom. The highest BCUT2D eigenvalue weighted by Crippen LogP contribution is 2.33. The average molecular weight is 1030 g/mol. The second-order valence-corrected chi connectivity index (χ2v) is 17.0. The molecule has 8 heterocycles. The van der Waals surface area contributed by atoms with Crippen LogP contribution in [0.2, 0.25) is 10.0 Å². The van der Waals surface area contributed by atoms with Crippen molar-refractivity contribution >= 4 is 81.3 Å². The normalized spacial score (nSPS) is 14.5. The lowest BCUT2D eigenvalue weighted by molar-refractivity contribution is 0.0360. The molecule has 6 aromatic heterocycles. The van der Waals surface area contributed by atoms with Crippen LogP contribution in [0.5, 0.6) is 0 Å². The van der Waals surface area contributed by atoms with E-state index in [1.54, 1.807) is 57.2 Å². The highest BCUT2D eigenvalue weighted by Gasteiger charge is 2.28. The van der Waals surface area contributed by atoms with E-state index in [0.717, 1.165) is 18.1 Å². The maximum absolute atomic E-state index is 15.3. The molecule has 0 spiro atoms. The van der Waals surface area contributed by atoms with E-state index >= 15 is 4.39 Å². The van der Waals surface area contributed by atoms with Gasteiger partial charge in [0.05, 0.1) is 90.8 Å². The van der Waals surface area contributed by atoms with Gasteiger partial charge in [-0.25, -0.2) is 33.4 Å². The first-order chi connectivity index (χ1) is 35.6. The number of rotatable bonds is 15. The maximum atomic E-state index is 15.3. The standard InChI is InChI=1S/C47H40Cl2F2N18O4/c48-29-16-27(17-32(19-29)58-30-2-5-38(52-22-30)44(70)63-65-46-54-24-35(50)42(60-46)67-10-13-72-14-11-67)28-18-40(62-56-21-28)41-26-68(12-15-73-41)43-36(51)25-55-47(61-43)66-64-45(71)39-6-3-31(23-53-39)59-37-7-4-33(20-34(37)49)69-9-1-8-57-69/h1-9,16-25,41,58-59H,10-15,26H2,(H,63,70)(H,64,71)(H,54,60,65)(H,55,61,66). The molecular weight excluding hydrogens is 990 g/mol. The number of hydrogen-bond donors (Lipinski definition) is 6. The SMILES string of the molecule is O=C(NNc1ncc(F)c(N2CCOCC2)n1)c1ccc(Nc2cc(Cl)cc(-c3cnnc(C4CN(c5nc(NNC(=O)c6ccc(Nc7ccc(-n8cccn8)cc7Cl)cn6)ncc5F)CCO4)c3)c2)cn1. The van der Waals surface area contributed by atoms with Crippen LogP contribution < -0.4 is 42.1 Å². The minimum absolute atomic E-state index is 0.00557. The molecule has 0 radical (unpaired) electrons. The molecule has 6 N–H and O–H groups in total. The zero-order valence-corrected chi connectivity index (χ0v) is 39.5. The number of nitrogens with one attached hydrogen (secondary N) is 6. The molecule has 0 saturated carbocycles. The second kappa shape index (κ2) is 21.7. The van der Waals surface area contributed by atoms with Crippen molar-refractivity contribution in [3.8, 4) is 16.8 Å². The molecule has 2 saturated heterocycles. The summed E-state index contributed by atoms with van der Waals surface area (Å²) in [4.78, 5) is 54.4. The molecule has 26 heteroatoms. The molecule has 1 unspecified atom stereocenters. The molecule has 0 aliphatic carbocycles. The number of hydrogen-bond acceptors (Lipinski definition) is 19. The van der Waals surface area contributed by atoms with Gasteiger partial charge in [-0.15, -0.1) is 0 Å². The summed E-state index contributed by atoms with van der Waals surface area (Å²) in [7, 11) is 0. The lowest BCUT2D eigenvalue weighted by Crippen LogP contribution is -2.40. The van der Waals surface area contributed by atoms with Crippen LogP contribution in [0.3, 0.4) is 0 Å². The van der Waals surface area contributed by atoms with E-state index in [1.807, 2.05) is 36.5 Å². The van der Waals surface area contributed by atoms with Gasteiger partial charge in [-0.1, -0.05) is 23.2 Å². The number of carbonyl (C=O) groups excluding carboxylic acids is 2. The first-order valence-corrected chi connectivity index (χ1v) is 23.1. The summed E-state index contributed by atoms with van der Waals surface area (Å²) in [6.07, 6.45) is 9.45. The predicted octanol–water partition coefficient (Wildman–Crippen LogP) is 6.70. The Hall–Kier alpha value is -8.71. The molecule has 8 aromatic rings. The number of ether oxygens (including phenoxy) is 2. The fraction of sp³-hybridized carbons (Fsp3) is 0.170. The van der Waals surface area contributed by atoms with Gasteiger partial charge in [-0.3, -0.25) is 31.3 Å². The van der Waals surface area contributed by atoms with Gasteiger partial charge in [-0.2, -0.15) is 25.3 Å². The zero-order chi connectivity index (χ0) is 50.3. The average Bonchev–Trinajstić information content (AvgIpc) is 3.97. The number of pyridine rings is 2. The van der Waals surface area contributed by atoms with Crippen molar-refractivity contribution in [1.82, 2.24) is 60.7 Å². The lowest BCUT2D eigenvalue weighted by Gasteiger charge is -2.33. The van der Waals surface area contributed by atoms with E-state index in [2.05, 4.69) is 77.5 Å². The van der Waals surface area contributed by atoms with Crippen LogP contribution in [-0.2, 0) is 9.47 Å². The van der Waals surface area contributed by atoms with Crippen LogP contribution in [0.1, 0.15) is 32.8 Å². The minimum atomic E-state index is -0.683. The Labute approximate surface area is 423 Å². The molecule has 2 aliphatic rings. The van der Waals surface area contributed by atoms with Crippen LogP contribution in [-0.4, -0.2) is 108 Å². The Morgan fingerprint density at radius 2 is 1.34 bits per heavy atom. The highest BCUT2D eigenvalue weighted by atomic mass is 35.5. The summed E-state index contributed by atoms with van der Waals surface area (Å²) in [6.45, 7) is 2.53. The van der Waals surface area contributed by atoms with Gasteiger partial charge in [0.25, 0.3) is 11.8 Å². The van der Waals surface area contributed by atoms with Gasteiger partial charge < -0.3 is 29.9 Å². The molecule has 2 aromatic carbocycles. The fourth-order valence-electron chi connectivity index (χ4n) is 7.65. The molecule has 370 valence electrons. The van der Waals surface area contributed by atoms with E-state index in [9.17, 15) is 14.0 Å². The van der Waals surface area contributed by atoms with Crippen molar-refractivity contribution in [1.29, 1.82) is 0 Å². The van der Waals surface area contributed by atoms with Crippen molar-refractivity contribution in [2.24, 2.45) is 0 Å². The quantitative estimate of drug-likeness (QED) is 0.0584. The summed E-state index contributed by atoms with van der Waals surface area (Å²) in [5.74, 6) is -2.39. The Morgan fingerprint density at radius 1 is 0.671 bits per heavy atom. The number of benzene rings is 2. The zero-order valence-electron chi connectivity index (χ0n) is 38.0. The van der Waals surface area contributed by atoms with Gasteiger partial charge in [0, 0.05) is 48.3 Å². The third-order valence-corrected chi connectivity index (χ3v) is 11.8. The molecule has 2 aliphatic heterocycles. The minimum Gasteiger partial charge on any atom is -0.378 e. The van der Waals surface area contributed by atoms with Crippen LogP contribution in [0.4, 0.5) is 55.1 Å². The number of hydrazine groups is 2. The van der Waals surface area contributed by atoms with Crippen molar-refractivity contribution in [2.45, 2.75) is 6.10 Å². The van der Waals surface area contributed by atoms with Crippen molar-refractivity contribution in [3.05, 3.63) is 155 Å². The second-order valence-electron chi connectivity index (χ2n) is 16.1. The maximum Gasteiger partial charge on any atom is 0.288 e. The number of morpholine rings is 2. The molecule has 2 amide bonds. The third kappa shape index (κ3) is 11.6. The number of nitrogens with zero attached hydrogens (tertiary/aromatic N) is 12. The third-order valence-electron chi connectivity index (χ3n) is 11.2. The van der Waals surface area contributed by atoms with E-state index < -0.39 is 29.6 Å². The summed E-state index contributed by atoms with van der Waals surface area (Å²) >= 11 is 13.1.